The first-order valence-corrected chi connectivity index (χ1v) is 14.5. The van der Waals surface area contributed by atoms with Gasteiger partial charge in [0.1, 0.15) is 5.82 Å². The average Bonchev–Trinajstić information content (AvgIpc) is 3.35. The van der Waals surface area contributed by atoms with Crippen LogP contribution < -0.4 is 11.2 Å². The van der Waals surface area contributed by atoms with E-state index in [1.165, 1.54) is 23.9 Å². The minimum absolute atomic E-state index is 0.174. The van der Waals surface area contributed by atoms with Crippen molar-refractivity contribution in [2.24, 2.45) is 13.0 Å². The first-order valence-electron chi connectivity index (χ1n) is 14.5. The van der Waals surface area contributed by atoms with Crippen molar-refractivity contribution < 1.29 is 9.53 Å². The Kier molecular flexibility index (Phi) is 8.83. The maximum absolute atomic E-state index is 13.4. The minimum atomic E-state index is -0.380. The number of carbonyl (C=O) groups is 1. The number of carbonyl (C=O) groups excluding carboxylic acids is 1. The summed E-state index contributed by atoms with van der Waals surface area (Å²) in [6.07, 6.45) is 5.66. The van der Waals surface area contributed by atoms with Crippen LogP contribution in [0.3, 0.4) is 0 Å². The highest BCUT2D eigenvalue weighted by molar-refractivity contribution is 5.77. The van der Waals surface area contributed by atoms with Crippen LogP contribution in [0.5, 0.6) is 0 Å². The molecular weight excluding hydrogens is 518 g/mol. The molecule has 0 saturated carbocycles. The summed E-state index contributed by atoms with van der Waals surface area (Å²) < 4.78 is 10.2. The molecular formula is C32H39N5O4. The Labute approximate surface area is 240 Å². The van der Waals surface area contributed by atoms with E-state index in [1.807, 2.05) is 35.2 Å². The van der Waals surface area contributed by atoms with Gasteiger partial charge in [0.2, 0.25) is 5.91 Å². The Hall–Kier alpha value is -3.98. The third kappa shape index (κ3) is 6.35. The maximum Gasteiger partial charge on any atom is 0.335 e. The first kappa shape index (κ1) is 28.5. The number of piperidine rings is 1. The molecule has 0 aliphatic carbocycles. The molecule has 2 aromatic heterocycles. The van der Waals surface area contributed by atoms with E-state index < -0.39 is 0 Å². The van der Waals surface area contributed by atoms with Gasteiger partial charge in [-0.2, -0.15) is 0 Å². The summed E-state index contributed by atoms with van der Waals surface area (Å²) in [6, 6.07) is 17.4. The van der Waals surface area contributed by atoms with Gasteiger partial charge in [-0.15, -0.1) is 0 Å². The second kappa shape index (κ2) is 12.7. The summed E-state index contributed by atoms with van der Waals surface area (Å²) in [5.74, 6) is 1.65. The number of nitrogens with zero attached hydrogens (tertiary/aromatic N) is 5. The number of rotatable bonds is 10. The lowest BCUT2D eigenvalue weighted by molar-refractivity contribution is -0.133. The topological polar surface area (TPSA) is 91.4 Å². The fraction of sp³-hybridized carbons (Fsp3) is 0.438. The Morgan fingerprint density at radius 1 is 1.10 bits per heavy atom. The molecule has 41 heavy (non-hydrogen) atoms. The molecule has 1 saturated heterocycles. The quantitative estimate of drug-likeness (QED) is 0.276. The van der Waals surface area contributed by atoms with E-state index >= 15 is 0 Å². The van der Waals surface area contributed by atoms with Crippen LogP contribution in [-0.2, 0) is 29.5 Å². The van der Waals surface area contributed by atoms with Gasteiger partial charge in [-0.25, -0.2) is 9.78 Å². The summed E-state index contributed by atoms with van der Waals surface area (Å²) in [7, 11) is 3.20. The molecule has 1 fully saturated rings. The Morgan fingerprint density at radius 3 is 2.66 bits per heavy atom. The van der Waals surface area contributed by atoms with Crippen molar-refractivity contribution in [1.29, 1.82) is 0 Å². The van der Waals surface area contributed by atoms with E-state index in [1.54, 1.807) is 7.11 Å². The number of hydrogen-bond donors (Lipinski definition) is 0. The molecule has 0 spiro atoms. The third-order valence-electron chi connectivity index (χ3n) is 8.07. The van der Waals surface area contributed by atoms with E-state index in [0.29, 0.717) is 25.3 Å². The van der Waals surface area contributed by atoms with Gasteiger partial charge in [0.05, 0.1) is 16.7 Å². The van der Waals surface area contributed by atoms with Crippen molar-refractivity contribution in [3.05, 3.63) is 93.0 Å². The Balaban J connectivity index is 1.22. The largest absolute Gasteiger partial charge is 0.385 e. The number of likely N-dealkylation sites (tertiary alicyclic amines) is 1. The monoisotopic (exact) mass is 557 g/mol. The number of fused-ring (bicyclic) bond motifs is 1. The lowest BCUT2D eigenvalue weighted by atomic mass is 9.94. The first-order chi connectivity index (χ1) is 19.9. The SMILES string of the molecule is COCCCn1c([C@@H]2CCCN(C(=O)C[C@H](C)Cc3ccc(-n4ccc(=O)n(C)c4=O)cc3)C2)nc2ccccc21. The molecule has 216 valence electrons. The number of aryl methyl sites for hydroxylation is 1. The molecule has 0 N–H and O–H groups in total. The number of benzene rings is 2. The zero-order valence-corrected chi connectivity index (χ0v) is 24.2. The van der Waals surface area contributed by atoms with E-state index in [9.17, 15) is 14.4 Å². The van der Waals surface area contributed by atoms with Crippen molar-refractivity contribution >= 4 is 16.9 Å². The summed E-state index contributed by atoms with van der Waals surface area (Å²) in [4.78, 5) is 44.6. The molecule has 1 aliphatic rings. The minimum Gasteiger partial charge on any atom is -0.385 e. The maximum atomic E-state index is 13.4. The number of ether oxygens (including phenoxy) is 1. The molecule has 9 nitrogen and oxygen atoms in total. The summed E-state index contributed by atoms with van der Waals surface area (Å²) in [5, 5.41) is 0. The lowest BCUT2D eigenvalue weighted by Gasteiger charge is -2.33. The highest BCUT2D eigenvalue weighted by Crippen LogP contribution is 2.30. The molecule has 2 aromatic carbocycles. The Bertz CT molecular complexity index is 1620. The van der Waals surface area contributed by atoms with Crippen molar-refractivity contribution in [3.8, 4) is 5.69 Å². The smallest absolute Gasteiger partial charge is 0.335 e. The van der Waals surface area contributed by atoms with Crippen LogP contribution in [0.1, 0.15) is 49.9 Å². The molecule has 0 unspecified atom stereocenters. The Morgan fingerprint density at radius 2 is 1.88 bits per heavy atom. The fourth-order valence-corrected chi connectivity index (χ4v) is 5.88. The van der Waals surface area contributed by atoms with Gasteiger partial charge in [0.15, 0.2) is 0 Å². The van der Waals surface area contributed by atoms with Crippen LogP contribution in [0.25, 0.3) is 16.7 Å². The highest BCUT2D eigenvalue weighted by atomic mass is 16.5. The van der Waals surface area contributed by atoms with Gasteiger partial charge in [-0.1, -0.05) is 31.2 Å². The molecule has 1 aliphatic heterocycles. The van der Waals surface area contributed by atoms with Gasteiger partial charge in [0, 0.05) is 65.0 Å². The molecule has 4 aromatic rings. The van der Waals surface area contributed by atoms with Crippen molar-refractivity contribution in [2.45, 2.75) is 51.5 Å². The number of imidazole rings is 1. The van der Waals surface area contributed by atoms with E-state index in [4.69, 9.17) is 9.72 Å². The zero-order chi connectivity index (χ0) is 28.9. The lowest BCUT2D eigenvalue weighted by Crippen LogP contribution is -2.40. The fourth-order valence-electron chi connectivity index (χ4n) is 5.88. The summed E-state index contributed by atoms with van der Waals surface area (Å²) in [5.41, 5.74) is 3.24. The number of hydrogen-bond acceptors (Lipinski definition) is 5. The van der Waals surface area contributed by atoms with Crippen molar-refractivity contribution in [1.82, 2.24) is 23.6 Å². The molecule has 5 rings (SSSR count). The van der Waals surface area contributed by atoms with Crippen LogP contribution in [-0.4, -0.2) is 56.3 Å². The number of methoxy groups -OCH3 is 1. The van der Waals surface area contributed by atoms with Crippen LogP contribution in [0.4, 0.5) is 0 Å². The zero-order valence-electron chi connectivity index (χ0n) is 24.2. The average molecular weight is 558 g/mol. The number of amides is 1. The molecule has 0 radical (unpaired) electrons. The third-order valence-corrected chi connectivity index (χ3v) is 8.07. The van der Waals surface area contributed by atoms with E-state index in [0.717, 1.165) is 65.8 Å². The standard InChI is InChI=1S/C32H39N5O4/c1-23(20-24-11-13-26(14-12-24)36-18-15-29(38)34(2)32(36)40)21-30(39)35-16-6-8-25(22-35)31-33-27-9-4-5-10-28(27)37(31)17-7-19-41-3/h4-5,9-15,18,23,25H,6-8,16-17,19-22H2,1-3H3/t23-,25-/m1/s1. The van der Waals surface area contributed by atoms with Crippen LogP contribution >= 0.6 is 0 Å². The normalized spacial score (nSPS) is 16.3. The summed E-state index contributed by atoms with van der Waals surface area (Å²) in [6.45, 7) is 5.14. The van der Waals surface area contributed by atoms with Crippen molar-refractivity contribution in [2.75, 3.05) is 26.8 Å². The molecule has 0 bridgehead atoms. The van der Waals surface area contributed by atoms with Crippen LogP contribution in [0.2, 0.25) is 0 Å². The second-order valence-electron chi connectivity index (χ2n) is 11.2. The molecule has 3 heterocycles. The van der Waals surface area contributed by atoms with Gasteiger partial charge in [-0.3, -0.25) is 18.7 Å². The van der Waals surface area contributed by atoms with Gasteiger partial charge >= 0.3 is 5.69 Å². The van der Waals surface area contributed by atoms with Gasteiger partial charge < -0.3 is 14.2 Å². The predicted molar refractivity (Wildman–Crippen MR) is 160 cm³/mol. The molecule has 1 amide bonds. The van der Waals surface area contributed by atoms with Crippen LogP contribution in [0, 0.1) is 5.92 Å². The molecule has 9 heteroatoms. The van der Waals surface area contributed by atoms with Gasteiger partial charge in [0.25, 0.3) is 5.56 Å². The van der Waals surface area contributed by atoms with E-state index in [-0.39, 0.29) is 29.0 Å². The van der Waals surface area contributed by atoms with Crippen LogP contribution in [0.15, 0.2) is 70.4 Å². The van der Waals surface area contributed by atoms with E-state index in [2.05, 4.69) is 29.7 Å². The highest BCUT2D eigenvalue weighted by Gasteiger charge is 2.29. The molecule has 2 atom stereocenters. The summed E-state index contributed by atoms with van der Waals surface area (Å²) >= 11 is 0. The second-order valence-corrected chi connectivity index (χ2v) is 11.2. The number of para-hydroxylation sites is 2. The van der Waals surface area contributed by atoms with Gasteiger partial charge in [-0.05, 0) is 61.4 Å². The predicted octanol–water partition coefficient (Wildman–Crippen LogP) is 3.90. The van der Waals surface area contributed by atoms with Crippen molar-refractivity contribution in [3.63, 3.8) is 0 Å². The number of aromatic nitrogens is 4.